The molecule has 0 radical (unpaired) electrons. The van der Waals surface area contributed by atoms with Gasteiger partial charge in [-0.3, -0.25) is 9.59 Å². The minimum Gasteiger partial charge on any atom is -0.508 e. The van der Waals surface area contributed by atoms with Crippen LogP contribution in [0.4, 0.5) is 0 Å². The number of aromatic amines is 1. The van der Waals surface area contributed by atoms with E-state index >= 15 is 0 Å². The van der Waals surface area contributed by atoms with E-state index in [1.807, 2.05) is 13.0 Å². The average molecular weight is 487 g/mol. The minimum absolute atomic E-state index is 0.0793. The number of aromatic nitrogens is 2. The number of furan rings is 1. The molecule has 2 atom stereocenters. The van der Waals surface area contributed by atoms with Gasteiger partial charge in [-0.25, -0.2) is 4.98 Å². The SMILES string of the molecule is Cc1cccc(C(C)c2cnc(C(=O)N3CCN(C(=O)c4c(C)oc5ccc(O)cc45)CC3C)[nH]2)c1. The van der Waals surface area contributed by atoms with Gasteiger partial charge in [-0.05, 0) is 44.5 Å². The number of amides is 2. The van der Waals surface area contributed by atoms with E-state index in [0.29, 0.717) is 47.8 Å². The predicted octanol–water partition coefficient (Wildman–Crippen LogP) is 4.62. The van der Waals surface area contributed by atoms with Gasteiger partial charge in [0.25, 0.3) is 11.8 Å². The Balaban J connectivity index is 1.29. The van der Waals surface area contributed by atoms with Gasteiger partial charge >= 0.3 is 0 Å². The first-order chi connectivity index (χ1) is 17.2. The smallest absolute Gasteiger partial charge is 0.290 e. The quantitative estimate of drug-likeness (QED) is 0.438. The molecule has 3 heterocycles. The molecule has 2 aromatic heterocycles. The van der Waals surface area contributed by atoms with E-state index < -0.39 is 0 Å². The molecule has 2 amide bonds. The summed E-state index contributed by atoms with van der Waals surface area (Å²) in [6.07, 6.45) is 1.73. The van der Waals surface area contributed by atoms with Crippen LogP contribution in [0.1, 0.15) is 63.3 Å². The normalized spacial score (nSPS) is 16.9. The molecule has 8 heteroatoms. The fraction of sp³-hybridized carbons (Fsp3) is 0.321. The Hall–Kier alpha value is -4.07. The molecule has 186 valence electrons. The van der Waals surface area contributed by atoms with E-state index in [9.17, 15) is 14.7 Å². The van der Waals surface area contributed by atoms with Crippen LogP contribution in [0, 0.1) is 13.8 Å². The second kappa shape index (κ2) is 9.18. The lowest BCUT2D eigenvalue weighted by molar-refractivity contribution is 0.0407. The van der Waals surface area contributed by atoms with Crippen molar-refractivity contribution in [3.8, 4) is 5.75 Å². The van der Waals surface area contributed by atoms with Gasteiger partial charge in [0.05, 0.1) is 5.56 Å². The Bertz CT molecular complexity index is 1450. The van der Waals surface area contributed by atoms with Gasteiger partial charge in [-0.2, -0.15) is 0 Å². The molecular formula is C28H30N4O4. The van der Waals surface area contributed by atoms with Crippen LogP contribution >= 0.6 is 0 Å². The van der Waals surface area contributed by atoms with Gasteiger partial charge < -0.3 is 24.3 Å². The zero-order chi connectivity index (χ0) is 25.6. The molecular weight excluding hydrogens is 456 g/mol. The molecule has 1 aliphatic heterocycles. The van der Waals surface area contributed by atoms with E-state index in [1.165, 1.54) is 11.6 Å². The zero-order valence-corrected chi connectivity index (χ0v) is 20.9. The first-order valence-electron chi connectivity index (χ1n) is 12.2. The third-order valence-corrected chi connectivity index (χ3v) is 7.04. The maximum absolute atomic E-state index is 13.4. The highest BCUT2D eigenvalue weighted by atomic mass is 16.3. The number of imidazole rings is 1. The summed E-state index contributed by atoms with van der Waals surface area (Å²) in [6.45, 7) is 9.02. The van der Waals surface area contributed by atoms with E-state index in [2.05, 4.69) is 42.0 Å². The summed E-state index contributed by atoms with van der Waals surface area (Å²) in [7, 11) is 0. The summed E-state index contributed by atoms with van der Waals surface area (Å²) in [6, 6.07) is 12.9. The molecule has 1 aliphatic rings. The summed E-state index contributed by atoms with van der Waals surface area (Å²) in [5.41, 5.74) is 4.24. The van der Waals surface area contributed by atoms with Gasteiger partial charge in [-0.1, -0.05) is 36.8 Å². The average Bonchev–Trinajstić information content (AvgIpc) is 3.47. The van der Waals surface area contributed by atoms with Crippen molar-refractivity contribution in [3.05, 3.63) is 82.6 Å². The van der Waals surface area contributed by atoms with Gasteiger partial charge in [-0.15, -0.1) is 0 Å². The number of nitrogens with one attached hydrogen (secondary N) is 1. The third kappa shape index (κ3) is 4.23. The number of carbonyl (C=O) groups excluding carboxylic acids is 2. The number of hydrogen-bond donors (Lipinski definition) is 2. The molecule has 2 N–H and O–H groups in total. The number of fused-ring (bicyclic) bond motifs is 1. The Morgan fingerprint density at radius 3 is 2.69 bits per heavy atom. The lowest BCUT2D eigenvalue weighted by Gasteiger charge is -2.39. The molecule has 4 aromatic rings. The molecule has 36 heavy (non-hydrogen) atoms. The summed E-state index contributed by atoms with van der Waals surface area (Å²) in [4.78, 5) is 37.8. The number of piperazine rings is 1. The summed E-state index contributed by atoms with van der Waals surface area (Å²) >= 11 is 0. The fourth-order valence-corrected chi connectivity index (χ4v) is 4.99. The lowest BCUT2D eigenvalue weighted by atomic mass is 9.97. The molecule has 5 rings (SSSR count). The van der Waals surface area contributed by atoms with Crippen molar-refractivity contribution < 1.29 is 19.1 Å². The van der Waals surface area contributed by atoms with Crippen molar-refractivity contribution in [1.82, 2.24) is 19.8 Å². The maximum Gasteiger partial charge on any atom is 0.290 e. The van der Waals surface area contributed by atoms with Crippen LogP contribution in [0.3, 0.4) is 0 Å². The number of hydrogen-bond acceptors (Lipinski definition) is 5. The van der Waals surface area contributed by atoms with Crippen LogP contribution in [0.25, 0.3) is 11.0 Å². The highest BCUT2D eigenvalue weighted by Crippen LogP contribution is 2.30. The largest absolute Gasteiger partial charge is 0.508 e. The number of aryl methyl sites for hydroxylation is 2. The van der Waals surface area contributed by atoms with Gasteiger partial charge in [0.2, 0.25) is 0 Å². The van der Waals surface area contributed by atoms with Gasteiger partial charge in [0, 0.05) is 48.9 Å². The number of aromatic hydroxyl groups is 1. The highest BCUT2D eigenvalue weighted by molar-refractivity contribution is 6.07. The summed E-state index contributed by atoms with van der Waals surface area (Å²) < 4.78 is 5.73. The van der Waals surface area contributed by atoms with E-state index in [4.69, 9.17) is 4.42 Å². The Morgan fingerprint density at radius 2 is 1.94 bits per heavy atom. The predicted molar refractivity (Wildman–Crippen MR) is 136 cm³/mol. The number of benzene rings is 2. The molecule has 2 aromatic carbocycles. The monoisotopic (exact) mass is 486 g/mol. The second-order valence-electron chi connectivity index (χ2n) is 9.64. The first-order valence-corrected chi connectivity index (χ1v) is 12.2. The van der Waals surface area contributed by atoms with Crippen molar-refractivity contribution in [1.29, 1.82) is 0 Å². The summed E-state index contributed by atoms with van der Waals surface area (Å²) in [5.74, 6) is 0.644. The molecule has 1 fully saturated rings. The molecule has 0 bridgehead atoms. The highest BCUT2D eigenvalue weighted by Gasteiger charge is 2.33. The van der Waals surface area contributed by atoms with Crippen molar-refractivity contribution in [3.63, 3.8) is 0 Å². The Morgan fingerprint density at radius 1 is 1.14 bits per heavy atom. The lowest BCUT2D eigenvalue weighted by Crippen LogP contribution is -2.55. The number of carbonyl (C=O) groups is 2. The molecule has 0 aliphatic carbocycles. The summed E-state index contributed by atoms with van der Waals surface area (Å²) in [5, 5.41) is 10.5. The van der Waals surface area contributed by atoms with Crippen LogP contribution in [0.15, 0.2) is 53.1 Å². The number of nitrogens with zero attached hydrogens (tertiary/aromatic N) is 3. The third-order valence-electron chi connectivity index (χ3n) is 7.04. The Kier molecular flexibility index (Phi) is 6.04. The van der Waals surface area contributed by atoms with Crippen LogP contribution in [-0.4, -0.2) is 62.4 Å². The topological polar surface area (TPSA) is 103 Å². The molecule has 2 unspecified atom stereocenters. The molecule has 0 spiro atoms. The number of phenols is 1. The minimum atomic E-state index is -0.190. The number of H-pyrrole nitrogens is 1. The van der Waals surface area contributed by atoms with Crippen LogP contribution in [-0.2, 0) is 0 Å². The second-order valence-corrected chi connectivity index (χ2v) is 9.64. The van der Waals surface area contributed by atoms with Crippen molar-refractivity contribution in [2.75, 3.05) is 19.6 Å². The van der Waals surface area contributed by atoms with Crippen molar-refractivity contribution in [2.24, 2.45) is 0 Å². The zero-order valence-electron chi connectivity index (χ0n) is 20.9. The standard InChI is InChI=1S/C28H30N4O4/c1-16-6-5-7-20(12-16)18(3)23-14-29-26(30-23)28(35)32-11-10-31(15-17(32)2)27(34)25-19(4)36-24-9-8-21(33)13-22(24)25/h5-9,12-14,17-18,33H,10-11,15H2,1-4H3,(H,29,30). The van der Waals surface area contributed by atoms with E-state index in [1.54, 1.807) is 35.1 Å². The first kappa shape index (κ1) is 23.7. The molecule has 0 saturated carbocycles. The van der Waals surface area contributed by atoms with Gasteiger partial charge in [0.1, 0.15) is 17.1 Å². The molecule has 8 nitrogen and oxygen atoms in total. The van der Waals surface area contributed by atoms with E-state index in [-0.39, 0.29) is 29.5 Å². The van der Waals surface area contributed by atoms with Crippen LogP contribution in [0.5, 0.6) is 5.75 Å². The van der Waals surface area contributed by atoms with Crippen LogP contribution < -0.4 is 0 Å². The maximum atomic E-state index is 13.4. The van der Waals surface area contributed by atoms with Gasteiger partial charge in [0.15, 0.2) is 5.82 Å². The number of phenolic OH excluding ortho intramolecular Hbond substituents is 1. The van der Waals surface area contributed by atoms with Crippen molar-refractivity contribution in [2.45, 2.75) is 39.7 Å². The van der Waals surface area contributed by atoms with E-state index in [0.717, 1.165) is 11.3 Å². The number of rotatable bonds is 4. The van der Waals surface area contributed by atoms with Crippen LogP contribution in [0.2, 0.25) is 0 Å². The Labute approximate surface area is 209 Å². The fourth-order valence-electron chi connectivity index (χ4n) is 4.99. The molecule has 1 saturated heterocycles. The van der Waals surface area contributed by atoms with Crippen molar-refractivity contribution >= 4 is 22.8 Å².